The fourth-order valence-corrected chi connectivity index (χ4v) is 2.80. The van der Waals surface area contributed by atoms with Gasteiger partial charge in [0.15, 0.2) is 0 Å². The average molecular weight is 224 g/mol. The van der Waals surface area contributed by atoms with Crippen molar-refractivity contribution in [1.82, 2.24) is 4.90 Å². The quantitative estimate of drug-likeness (QED) is 0.849. The van der Waals surface area contributed by atoms with Gasteiger partial charge in [0.25, 0.3) is 0 Å². The van der Waals surface area contributed by atoms with Gasteiger partial charge in [0, 0.05) is 23.7 Å². The second kappa shape index (κ2) is 5.52. The highest BCUT2D eigenvalue weighted by Gasteiger charge is 2.15. The van der Waals surface area contributed by atoms with Gasteiger partial charge in [-0.25, -0.2) is 0 Å². The molecule has 1 fully saturated rings. The van der Waals surface area contributed by atoms with Crippen molar-refractivity contribution in [3.05, 3.63) is 16.8 Å². The molecule has 15 heavy (non-hydrogen) atoms. The van der Waals surface area contributed by atoms with E-state index in [-0.39, 0.29) is 0 Å². The first kappa shape index (κ1) is 11.0. The van der Waals surface area contributed by atoms with Gasteiger partial charge in [-0.05, 0) is 43.8 Å². The van der Waals surface area contributed by atoms with Crippen molar-refractivity contribution < 1.29 is 0 Å². The lowest BCUT2D eigenvalue weighted by molar-refractivity contribution is 0.300. The number of nitrogens with one attached hydrogen (secondary N) is 1. The molecule has 3 heteroatoms. The van der Waals surface area contributed by atoms with Crippen LogP contribution in [0, 0.1) is 0 Å². The molecule has 0 spiro atoms. The van der Waals surface area contributed by atoms with Gasteiger partial charge in [-0.1, -0.05) is 6.92 Å². The number of likely N-dealkylation sites (tertiary alicyclic amines) is 1. The van der Waals surface area contributed by atoms with E-state index in [1.807, 2.05) is 0 Å². The first-order valence-corrected chi connectivity index (χ1v) is 6.84. The molecule has 84 valence electrons. The van der Waals surface area contributed by atoms with Crippen LogP contribution < -0.4 is 5.32 Å². The van der Waals surface area contributed by atoms with Crippen LogP contribution in [0.15, 0.2) is 16.8 Å². The minimum absolute atomic E-state index is 0.677. The molecule has 1 atom stereocenters. The fraction of sp³-hybridized carbons (Fsp3) is 0.667. The summed E-state index contributed by atoms with van der Waals surface area (Å²) in [6.45, 7) is 5.98. The van der Waals surface area contributed by atoms with E-state index >= 15 is 0 Å². The highest BCUT2D eigenvalue weighted by molar-refractivity contribution is 7.08. The van der Waals surface area contributed by atoms with Crippen molar-refractivity contribution in [2.75, 3.05) is 25.0 Å². The smallest absolute Gasteiger partial charge is 0.0450 e. The van der Waals surface area contributed by atoms with Crippen LogP contribution >= 0.6 is 11.3 Å². The molecule has 1 aliphatic heterocycles. The van der Waals surface area contributed by atoms with Gasteiger partial charge >= 0.3 is 0 Å². The number of nitrogens with zero attached hydrogens (tertiary/aromatic N) is 1. The first-order valence-electron chi connectivity index (χ1n) is 5.89. The third-order valence-corrected chi connectivity index (χ3v) is 3.84. The standard InChI is InChI=1S/C12H20N2S/c1-2-14-7-3-4-11(5-8-14)13-12-6-9-15-10-12/h6,9-11,13H,2-5,7-8H2,1H3. The molecule has 0 saturated carbocycles. The highest BCUT2D eigenvalue weighted by Crippen LogP contribution is 2.18. The lowest BCUT2D eigenvalue weighted by Crippen LogP contribution is -2.26. The van der Waals surface area contributed by atoms with Gasteiger partial charge in [0.05, 0.1) is 0 Å². The SMILES string of the molecule is CCN1CCCC(Nc2ccsc2)CC1. The van der Waals surface area contributed by atoms with Gasteiger partial charge < -0.3 is 10.2 Å². The Morgan fingerprint density at radius 3 is 3.13 bits per heavy atom. The number of rotatable bonds is 3. The second-order valence-corrected chi connectivity index (χ2v) is 5.00. The molecule has 2 nitrogen and oxygen atoms in total. The van der Waals surface area contributed by atoms with E-state index < -0.39 is 0 Å². The maximum absolute atomic E-state index is 3.63. The zero-order valence-corrected chi connectivity index (χ0v) is 10.2. The summed E-state index contributed by atoms with van der Waals surface area (Å²) < 4.78 is 0. The largest absolute Gasteiger partial charge is 0.382 e. The molecule has 2 heterocycles. The Labute approximate surface area is 96.3 Å². The maximum atomic E-state index is 3.63. The minimum Gasteiger partial charge on any atom is -0.382 e. The topological polar surface area (TPSA) is 15.3 Å². The van der Waals surface area contributed by atoms with E-state index in [2.05, 4.69) is 34.0 Å². The maximum Gasteiger partial charge on any atom is 0.0450 e. The van der Waals surface area contributed by atoms with Crippen LogP contribution in [0.4, 0.5) is 5.69 Å². The molecule has 1 saturated heterocycles. The van der Waals surface area contributed by atoms with Crippen LogP contribution in [0.3, 0.4) is 0 Å². The van der Waals surface area contributed by atoms with E-state index in [1.165, 1.54) is 44.6 Å². The molecule has 0 aromatic carbocycles. The van der Waals surface area contributed by atoms with Crippen LogP contribution in [0.5, 0.6) is 0 Å². The van der Waals surface area contributed by atoms with E-state index in [1.54, 1.807) is 11.3 Å². The number of hydrogen-bond acceptors (Lipinski definition) is 3. The molecular formula is C12H20N2S. The summed E-state index contributed by atoms with van der Waals surface area (Å²) in [6.07, 6.45) is 3.92. The van der Waals surface area contributed by atoms with Crippen LogP contribution in [0.1, 0.15) is 26.2 Å². The molecule has 0 radical (unpaired) electrons. The normalized spacial score (nSPS) is 23.7. The first-order chi connectivity index (χ1) is 7.38. The summed E-state index contributed by atoms with van der Waals surface area (Å²) in [4.78, 5) is 2.55. The van der Waals surface area contributed by atoms with Gasteiger partial charge in [-0.2, -0.15) is 11.3 Å². The molecule has 1 aliphatic rings. The lowest BCUT2D eigenvalue weighted by atomic mass is 10.1. The van der Waals surface area contributed by atoms with E-state index in [0.29, 0.717) is 6.04 Å². The monoisotopic (exact) mass is 224 g/mol. The van der Waals surface area contributed by atoms with Gasteiger partial charge in [0.2, 0.25) is 0 Å². The third kappa shape index (κ3) is 3.21. The van der Waals surface area contributed by atoms with E-state index in [4.69, 9.17) is 0 Å². The minimum atomic E-state index is 0.677. The van der Waals surface area contributed by atoms with E-state index in [0.717, 1.165) is 0 Å². The molecule has 1 aromatic rings. The summed E-state index contributed by atoms with van der Waals surface area (Å²) in [5, 5.41) is 7.96. The second-order valence-electron chi connectivity index (χ2n) is 4.22. The summed E-state index contributed by atoms with van der Waals surface area (Å²) in [5.74, 6) is 0. The van der Waals surface area contributed by atoms with Gasteiger partial charge in [0.1, 0.15) is 0 Å². The third-order valence-electron chi connectivity index (χ3n) is 3.16. The molecule has 1 unspecified atom stereocenters. The predicted octanol–water partition coefficient (Wildman–Crippen LogP) is 3.03. The Hall–Kier alpha value is -0.540. The number of anilines is 1. The Kier molecular flexibility index (Phi) is 4.03. The van der Waals surface area contributed by atoms with Gasteiger partial charge in [-0.15, -0.1) is 0 Å². The Morgan fingerprint density at radius 1 is 1.47 bits per heavy atom. The summed E-state index contributed by atoms with van der Waals surface area (Å²) >= 11 is 1.77. The van der Waals surface area contributed by atoms with Crippen LogP contribution in [-0.2, 0) is 0 Å². The van der Waals surface area contributed by atoms with Gasteiger partial charge in [-0.3, -0.25) is 0 Å². The zero-order valence-electron chi connectivity index (χ0n) is 9.41. The molecule has 0 amide bonds. The molecule has 0 bridgehead atoms. The highest BCUT2D eigenvalue weighted by atomic mass is 32.1. The zero-order chi connectivity index (χ0) is 10.5. The summed E-state index contributed by atoms with van der Waals surface area (Å²) in [6, 6.07) is 2.85. The van der Waals surface area contributed by atoms with E-state index in [9.17, 15) is 0 Å². The number of thiophene rings is 1. The molecule has 1 aromatic heterocycles. The van der Waals surface area contributed by atoms with Crippen molar-refractivity contribution in [1.29, 1.82) is 0 Å². The number of hydrogen-bond donors (Lipinski definition) is 1. The Balaban J connectivity index is 1.83. The predicted molar refractivity (Wildman–Crippen MR) is 67.7 cm³/mol. The van der Waals surface area contributed by atoms with Crippen LogP contribution in [-0.4, -0.2) is 30.6 Å². The molecule has 0 aliphatic carbocycles. The van der Waals surface area contributed by atoms with Crippen molar-refractivity contribution in [3.63, 3.8) is 0 Å². The molecule has 1 N–H and O–H groups in total. The average Bonchev–Trinajstić information content (AvgIpc) is 2.64. The van der Waals surface area contributed by atoms with Crippen LogP contribution in [0.2, 0.25) is 0 Å². The molecular weight excluding hydrogens is 204 g/mol. The fourth-order valence-electron chi connectivity index (χ4n) is 2.20. The lowest BCUT2D eigenvalue weighted by Gasteiger charge is -2.18. The van der Waals surface area contributed by atoms with Crippen molar-refractivity contribution >= 4 is 17.0 Å². The van der Waals surface area contributed by atoms with Crippen molar-refractivity contribution in [2.45, 2.75) is 32.2 Å². The Morgan fingerprint density at radius 2 is 2.40 bits per heavy atom. The Bertz CT molecular complexity index is 271. The van der Waals surface area contributed by atoms with Crippen molar-refractivity contribution in [3.8, 4) is 0 Å². The van der Waals surface area contributed by atoms with Crippen LogP contribution in [0.25, 0.3) is 0 Å². The molecule has 2 rings (SSSR count). The van der Waals surface area contributed by atoms with Crippen molar-refractivity contribution in [2.24, 2.45) is 0 Å². The summed E-state index contributed by atoms with van der Waals surface area (Å²) in [7, 11) is 0. The summed E-state index contributed by atoms with van der Waals surface area (Å²) in [5.41, 5.74) is 1.30.